The maximum atomic E-state index is 12.1. The Balaban J connectivity index is 2.09. The van der Waals surface area contributed by atoms with E-state index in [0.717, 1.165) is 12.7 Å². The molecule has 0 saturated heterocycles. The van der Waals surface area contributed by atoms with Crippen molar-refractivity contribution >= 4 is 12.1 Å². The predicted octanol–water partition coefficient (Wildman–Crippen LogP) is 2.20. The minimum atomic E-state index is -1.59. The third-order valence-electron chi connectivity index (χ3n) is 3.72. The van der Waals surface area contributed by atoms with E-state index in [1.165, 1.54) is 7.11 Å². The molecule has 2 aromatic carbocycles. The van der Waals surface area contributed by atoms with Crippen LogP contribution in [-0.4, -0.2) is 37.5 Å². The van der Waals surface area contributed by atoms with Crippen molar-refractivity contribution < 1.29 is 28.9 Å². The fourth-order valence-corrected chi connectivity index (χ4v) is 2.30. The summed E-state index contributed by atoms with van der Waals surface area (Å²) in [5, 5.41) is 12.7. The molecule has 0 aromatic heterocycles. The van der Waals surface area contributed by atoms with Crippen molar-refractivity contribution in [1.29, 1.82) is 0 Å². The van der Waals surface area contributed by atoms with Crippen LogP contribution in [0.4, 0.5) is 4.79 Å². The maximum absolute atomic E-state index is 12.1. The van der Waals surface area contributed by atoms with E-state index in [0.29, 0.717) is 11.3 Å². The number of nitrogens with one attached hydrogen (secondary N) is 1. The number of aliphatic hydroxyl groups is 1. The summed E-state index contributed by atoms with van der Waals surface area (Å²) in [4.78, 5) is 23.8. The average Bonchev–Trinajstić information content (AvgIpc) is 2.70. The molecule has 0 aliphatic heterocycles. The molecule has 0 heterocycles. The van der Waals surface area contributed by atoms with E-state index in [4.69, 9.17) is 9.47 Å². The number of ether oxygens (including phenoxy) is 3. The van der Waals surface area contributed by atoms with Gasteiger partial charge in [0.25, 0.3) is 0 Å². The molecule has 1 amide bonds. The van der Waals surface area contributed by atoms with Gasteiger partial charge < -0.3 is 24.6 Å². The number of hydrogen-bond donors (Lipinski definition) is 2. The summed E-state index contributed by atoms with van der Waals surface area (Å²) in [6.07, 6.45) is -2.35. The molecular weight excluding hydrogens is 338 g/mol. The second-order valence-electron chi connectivity index (χ2n) is 5.42. The molecule has 7 heteroatoms. The number of alkyl carbamates (subject to hydrolysis) is 1. The predicted molar refractivity (Wildman–Crippen MR) is 93.5 cm³/mol. The molecule has 2 N–H and O–H groups in total. The van der Waals surface area contributed by atoms with Crippen LogP contribution >= 0.6 is 0 Å². The smallest absolute Gasteiger partial charge is 0.408 e. The molecule has 2 rings (SSSR count). The molecule has 138 valence electrons. The van der Waals surface area contributed by atoms with Gasteiger partial charge in [-0.2, -0.15) is 0 Å². The Kier molecular flexibility index (Phi) is 6.99. The highest BCUT2D eigenvalue weighted by molar-refractivity contribution is 5.77. The van der Waals surface area contributed by atoms with Gasteiger partial charge in [-0.15, -0.1) is 0 Å². The first kappa shape index (κ1) is 19.3. The first-order chi connectivity index (χ1) is 12.5. The van der Waals surface area contributed by atoms with Gasteiger partial charge in [0.1, 0.15) is 12.4 Å². The van der Waals surface area contributed by atoms with Crippen LogP contribution < -0.4 is 10.1 Å². The van der Waals surface area contributed by atoms with Crippen molar-refractivity contribution in [2.24, 2.45) is 0 Å². The number of esters is 1. The molecule has 26 heavy (non-hydrogen) atoms. The van der Waals surface area contributed by atoms with Crippen LogP contribution in [0, 0.1) is 0 Å². The average molecular weight is 359 g/mol. The van der Waals surface area contributed by atoms with Gasteiger partial charge in [0, 0.05) is 0 Å². The molecule has 0 radical (unpaired) electrons. The molecule has 0 aliphatic carbocycles. The number of amides is 1. The summed E-state index contributed by atoms with van der Waals surface area (Å²) in [6.45, 7) is 0.0658. The fourth-order valence-electron chi connectivity index (χ4n) is 2.30. The van der Waals surface area contributed by atoms with Crippen molar-refractivity contribution in [1.82, 2.24) is 5.32 Å². The zero-order valence-electron chi connectivity index (χ0n) is 14.5. The van der Waals surface area contributed by atoms with E-state index >= 15 is 0 Å². The number of rotatable bonds is 7. The van der Waals surface area contributed by atoms with E-state index < -0.39 is 24.2 Å². The molecule has 2 atom stereocenters. The van der Waals surface area contributed by atoms with Crippen molar-refractivity contribution in [2.75, 3.05) is 14.2 Å². The molecule has 0 spiro atoms. The summed E-state index contributed by atoms with van der Waals surface area (Å²) in [5.41, 5.74) is 1.32. The zero-order chi connectivity index (χ0) is 18.9. The van der Waals surface area contributed by atoms with Crippen molar-refractivity contribution in [3.8, 4) is 5.75 Å². The molecule has 0 unspecified atom stereocenters. The quantitative estimate of drug-likeness (QED) is 0.736. The highest BCUT2D eigenvalue weighted by Crippen LogP contribution is 2.21. The van der Waals surface area contributed by atoms with Crippen LogP contribution in [0.15, 0.2) is 54.6 Å². The summed E-state index contributed by atoms with van der Waals surface area (Å²) in [6, 6.07) is 14.7. The van der Waals surface area contributed by atoms with Crippen LogP contribution in [-0.2, 0) is 20.9 Å². The van der Waals surface area contributed by atoms with E-state index in [1.807, 2.05) is 30.3 Å². The van der Waals surface area contributed by atoms with Gasteiger partial charge >= 0.3 is 12.1 Å². The standard InChI is InChI=1S/C19H21NO6/c1-24-15-10-8-14(9-11-15)16(17(21)18(22)25-2)20-19(23)26-12-13-6-4-3-5-7-13/h3-11,16-17,21H,12H2,1-2H3,(H,20,23)/t16-,17+/m1/s1. The van der Waals surface area contributed by atoms with E-state index in [2.05, 4.69) is 10.1 Å². The summed E-state index contributed by atoms with van der Waals surface area (Å²) in [5.74, 6) is -0.263. The highest BCUT2D eigenvalue weighted by atomic mass is 16.6. The van der Waals surface area contributed by atoms with Gasteiger partial charge in [-0.05, 0) is 23.3 Å². The lowest BCUT2D eigenvalue weighted by Gasteiger charge is -2.23. The second-order valence-corrected chi connectivity index (χ2v) is 5.42. The number of carbonyl (C=O) groups excluding carboxylic acids is 2. The molecular formula is C19H21NO6. The minimum Gasteiger partial charge on any atom is -0.497 e. The molecule has 0 bridgehead atoms. The largest absolute Gasteiger partial charge is 0.497 e. The third-order valence-corrected chi connectivity index (χ3v) is 3.72. The van der Waals surface area contributed by atoms with Gasteiger partial charge in [0.15, 0.2) is 6.10 Å². The second kappa shape index (κ2) is 9.43. The summed E-state index contributed by atoms with van der Waals surface area (Å²) < 4.78 is 14.8. The lowest BCUT2D eigenvalue weighted by Crippen LogP contribution is -2.41. The summed E-state index contributed by atoms with van der Waals surface area (Å²) in [7, 11) is 2.68. The fraction of sp³-hybridized carbons (Fsp3) is 0.263. The highest BCUT2D eigenvalue weighted by Gasteiger charge is 2.30. The van der Waals surface area contributed by atoms with E-state index in [1.54, 1.807) is 24.3 Å². The Bertz CT molecular complexity index is 717. The maximum Gasteiger partial charge on any atom is 0.408 e. The van der Waals surface area contributed by atoms with Gasteiger partial charge in [-0.3, -0.25) is 0 Å². The van der Waals surface area contributed by atoms with Gasteiger partial charge in [-0.25, -0.2) is 9.59 Å². The molecule has 0 aliphatic rings. The van der Waals surface area contributed by atoms with Gasteiger partial charge in [0.2, 0.25) is 0 Å². The van der Waals surface area contributed by atoms with Crippen LogP contribution in [0.25, 0.3) is 0 Å². The lowest BCUT2D eigenvalue weighted by atomic mass is 10.0. The number of methoxy groups -OCH3 is 2. The van der Waals surface area contributed by atoms with E-state index in [9.17, 15) is 14.7 Å². The molecule has 2 aromatic rings. The Morgan fingerprint density at radius 1 is 1.04 bits per heavy atom. The Labute approximate surface area is 151 Å². The van der Waals surface area contributed by atoms with Crippen LogP contribution in [0.2, 0.25) is 0 Å². The molecule has 0 fully saturated rings. The SMILES string of the molecule is COC(=O)[C@@H](O)[C@H](NC(=O)OCc1ccccc1)c1ccc(OC)cc1. The monoisotopic (exact) mass is 359 g/mol. The Morgan fingerprint density at radius 3 is 2.27 bits per heavy atom. The number of aliphatic hydroxyl groups excluding tert-OH is 1. The molecule has 0 saturated carbocycles. The Hall–Kier alpha value is -3.06. The summed E-state index contributed by atoms with van der Waals surface area (Å²) >= 11 is 0. The first-order valence-corrected chi connectivity index (χ1v) is 7.92. The minimum absolute atomic E-state index is 0.0658. The zero-order valence-corrected chi connectivity index (χ0v) is 14.5. The first-order valence-electron chi connectivity index (χ1n) is 7.92. The van der Waals surface area contributed by atoms with Crippen LogP contribution in [0.5, 0.6) is 5.75 Å². The number of benzene rings is 2. The normalized spacial score (nSPS) is 12.6. The number of carbonyl (C=O) groups is 2. The van der Waals surface area contributed by atoms with Crippen LogP contribution in [0.3, 0.4) is 0 Å². The topological polar surface area (TPSA) is 94.1 Å². The van der Waals surface area contributed by atoms with Gasteiger partial charge in [0.05, 0.1) is 20.3 Å². The van der Waals surface area contributed by atoms with Crippen molar-refractivity contribution in [3.63, 3.8) is 0 Å². The van der Waals surface area contributed by atoms with Gasteiger partial charge in [-0.1, -0.05) is 42.5 Å². The molecule has 7 nitrogen and oxygen atoms in total. The van der Waals surface area contributed by atoms with Crippen molar-refractivity contribution in [2.45, 2.75) is 18.8 Å². The third kappa shape index (κ3) is 5.22. The van der Waals surface area contributed by atoms with Crippen molar-refractivity contribution in [3.05, 3.63) is 65.7 Å². The van der Waals surface area contributed by atoms with E-state index in [-0.39, 0.29) is 6.61 Å². The number of hydrogen-bond acceptors (Lipinski definition) is 6. The lowest BCUT2D eigenvalue weighted by molar-refractivity contribution is -0.152. The van der Waals surface area contributed by atoms with Crippen LogP contribution in [0.1, 0.15) is 17.2 Å². The Morgan fingerprint density at radius 2 is 1.69 bits per heavy atom.